The van der Waals surface area contributed by atoms with E-state index < -0.39 is 23.6 Å². The fourth-order valence-electron chi connectivity index (χ4n) is 4.22. The monoisotopic (exact) mass is 371 g/mol. The zero-order valence-corrected chi connectivity index (χ0v) is 16.3. The van der Waals surface area contributed by atoms with Crippen LogP contribution in [0.1, 0.15) is 58.4 Å². The molecule has 3 rings (SSSR count). The lowest BCUT2D eigenvalue weighted by Crippen LogP contribution is -2.40. The summed E-state index contributed by atoms with van der Waals surface area (Å²) in [5, 5.41) is 0. The van der Waals surface area contributed by atoms with Crippen LogP contribution in [-0.4, -0.2) is 24.1 Å². The molecule has 2 atom stereocenters. The van der Waals surface area contributed by atoms with E-state index in [-0.39, 0.29) is 17.8 Å². The lowest BCUT2D eigenvalue weighted by Gasteiger charge is -2.39. The van der Waals surface area contributed by atoms with Gasteiger partial charge in [0.1, 0.15) is 11.7 Å². The minimum Gasteiger partial charge on any atom is -0.465 e. The standard InChI is InChI=1S/C22H26FNO3/c1-5-15-20(21(26)27-6-2)18(13-9-7-8-10-14(13)23)19-16(24-15)11-22(3,4)12-17(19)25/h7-10,18,20H,5-6,11-12H2,1-4H3/t18-,20?/m0/s1. The molecule has 1 aliphatic heterocycles. The molecule has 0 bridgehead atoms. The summed E-state index contributed by atoms with van der Waals surface area (Å²) in [7, 11) is 0. The average Bonchev–Trinajstić information content (AvgIpc) is 2.59. The Morgan fingerprint density at radius 1 is 1.26 bits per heavy atom. The molecule has 2 aliphatic rings. The maximum atomic E-state index is 14.7. The fourth-order valence-corrected chi connectivity index (χ4v) is 4.22. The number of esters is 1. The van der Waals surface area contributed by atoms with Gasteiger partial charge in [-0.05, 0) is 36.8 Å². The van der Waals surface area contributed by atoms with Crippen LogP contribution in [0.2, 0.25) is 0 Å². The number of rotatable bonds is 4. The first-order valence-electron chi connectivity index (χ1n) is 9.53. The minimum absolute atomic E-state index is 0.0531. The van der Waals surface area contributed by atoms with Crippen LogP contribution in [0.4, 0.5) is 4.39 Å². The number of carbonyl (C=O) groups is 2. The molecule has 0 saturated carbocycles. The molecule has 1 aromatic carbocycles. The van der Waals surface area contributed by atoms with E-state index in [0.29, 0.717) is 41.8 Å². The van der Waals surface area contributed by atoms with Crippen molar-refractivity contribution >= 4 is 17.5 Å². The summed E-state index contributed by atoms with van der Waals surface area (Å²) in [5.74, 6) is -2.37. The molecular weight excluding hydrogens is 345 g/mol. The van der Waals surface area contributed by atoms with E-state index in [0.717, 1.165) is 0 Å². The molecule has 0 saturated heterocycles. The number of ketones is 1. The van der Waals surface area contributed by atoms with Crippen molar-refractivity contribution in [3.8, 4) is 0 Å². The predicted octanol–water partition coefficient (Wildman–Crippen LogP) is 4.60. The lowest BCUT2D eigenvalue weighted by molar-refractivity contribution is -0.146. The van der Waals surface area contributed by atoms with Crippen molar-refractivity contribution in [2.75, 3.05) is 6.61 Å². The highest BCUT2D eigenvalue weighted by Gasteiger charge is 2.47. The van der Waals surface area contributed by atoms with Gasteiger partial charge in [0.2, 0.25) is 0 Å². The summed E-state index contributed by atoms with van der Waals surface area (Å²) in [6.45, 7) is 7.95. The third kappa shape index (κ3) is 3.60. The number of Topliss-reactive ketones (excluding diaryl/α,β-unsaturated/α-hetero) is 1. The maximum Gasteiger partial charge on any atom is 0.315 e. The first-order valence-corrected chi connectivity index (χ1v) is 9.53. The maximum absolute atomic E-state index is 14.7. The number of ether oxygens (including phenoxy) is 1. The molecule has 0 fully saturated rings. The lowest BCUT2D eigenvalue weighted by atomic mass is 9.66. The molecule has 0 aromatic heterocycles. The summed E-state index contributed by atoms with van der Waals surface area (Å²) in [6, 6.07) is 6.36. The second kappa shape index (κ2) is 7.37. The number of carbonyl (C=O) groups excluding carboxylic acids is 2. The SMILES string of the molecule is CCOC(=O)C1C(CC)=NC2=C(C(=O)CC(C)(C)C2)[C@@H]1c1ccccc1F. The van der Waals surface area contributed by atoms with E-state index in [4.69, 9.17) is 9.73 Å². The summed E-state index contributed by atoms with van der Waals surface area (Å²) in [6.07, 6.45) is 1.54. The molecule has 27 heavy (non-hydrogen) atoms. The Kier molecular flexibility index (Phi) is 5.31. The van der Waals surface area contributed by atoms with Gasteiger partial charge in [-0.15, -0.1) is 0 Å². The Morgan fingerprint density at radius 3 is 2.59 bits per heavy atom. The van der Waals surface area contributed by atoms with Gasteiger partial charge in [0.05, 0.1) is 6.61 Å². The topological polar surface area (TPSA) is 55.7 Å². The minimum atomic E-state index is -0.768. The second-order valence-electron chi connectivity index (χ2n) is 7.99. The van der Waals surface area contributed by atoms with Gasteiger partial charge in [0.25, 0.3) is 0 Å². The van der Waals surface area contributed by atoms with Crippen molar-refractivity contribution in [3.63, 3.8) is 0 Å². The van der Waals surface area contributed by atoms with Crippen molar-refractivity contribution in [3.05, 3.63) is 46.9 Å². The molecule has 1 heterocycles. The Hall–Kier alpha value is -2.30. The van der Waals surface area contributed by atoms with Crippen LogP contribution in [0.15, 0.2) is 40.5 Å². The number of benzene rings is 1. The quantitative estimate of drug-likeness (QED) is 0.727. The summed E-state index contributed by atoms with van der Waals surface area (Å²) < 4.78 is 20.0. The van der Waals surface area contributed by atoms with Crippen LogP contribution >= 0.6 is 0 Å². The number of nitrogens with zero attached hydrogens (tertiary/aromatic N) is 1. The van der Waals surface area contributed by atoms with Gasteiger partial charge in [0, 0.05) is 29.3 Å². The third-order valence-corrected chi connectivity index (χ3v) is 5.32. The second-order valence-corrected chi connectivity index (χ2v) is 7.99. The number of halogens is 1. The van der Waals surface area contributed by atoms with E-state index in [1.807, 2.05) is 20.8 Å². The molecule has 5 heteroatoms. The van der Waals surface area contributed by atoms with Gasteiger partial charge in [-0.3, -0.25) is 14.6 Å². The molecule has 0 amide bonds. The van der Waals surface area contributed by atoms with Crippen molar-refractivity contribution in [1.82, 2.24) is 0 Å². The van der Waals surface area contributed by atoms with Crippen molar-refractivity contribution in [2.45, 2.75) is 52.9 Å². The van der Waals surface area contributed by atoms with Gasteiger partial charge in [-0.25, -0.2) is 4.39 Å². The Bertz CT molecular complexity index is 838. The molecule has 0 radical (unpaired) electrons. The normalized spacial score (nSPS) is 24.3. The van der Waals surface area contributed by atoms with E-state index in [1.54, 1.807) is 25.1 Å². The highest BCUT2D eigenvalue weighted by Crippen LogP contribution is 2.48. The molecule has 0 N–H and O–H groups in total. The first-order chi connectivity index (χ1) is 12.8. The summed E-state index contributed by atoms with van der Waals surface area (Å²) in [4.78, 5) is 30.6. The Labute approximate surface area is 159 Å². The van der Waals surface area contributed by atoms with Crippen LogP contribution in [0, 0.1) is 17.2 Å². The van der Waals surface area contributed by atoms with Gasteiger partial charge < -0.3 is 4.74 Å². The van der Waals surface area contributed by atoms with Crippen molar-refractivity contribution in [2.24, 2.45) is 16.3 Å². The Morgan fingerprint density at radius 2 is 1.96 bits per heavy atom. The summed E-state index contributed by atoms with van der Waals surface area (Å²) in [5.41, 5.74) is 1.99. The van der Waals surface area contributed by atoms with Gasteiger partial charge in [-0.2, -0.15) is 0 Å². The van der Waals surface area contributed by atoms with Gasteiger partial charge >= 0.3 is 5.97 Å². The highest BCUT2D eigenvalue weighted by atomic mass is 19.1. The Balaban J connectivity index is 2.23. The van der Waals surface area contributed by atoms with Crippen molar-refractivity contribution < 1.29 is 18.7 Å². The molecule has 1 aliphatic carbocycles. The average molecular weight is 371 g/mol. The van der Waals surface area contributed by atoms with Crippen LogP contribution in [0.25, 0.3) is 0 Å². The van der Waals surface area contributed by atoms with Crippen LogP contribution in [0.3, 0.4) is 0 Å². The molecule has 4 nitrogen and oxygen atoms in total. The fraction of sp³-hybridized carbons (Fsp3) is 0.500. The molecule has 1 aromatic rings. The largest absolute Gasteiger partial charge is 0.465 e. The number of aliphatic imine (C=N–C) groups is 1. The third-order valence-electron chi connectivity index (χ3n) is 5.32. The van der Waals surface area contributed by atoms with E-state index in [9.17, 15) is 14.0 Å². The van der Waals surface area contributed by atoms with Crippen molar-refractivity contribution in [1.29, 1.82) is 0 Å². The highest BCUT2D eigenvalue weighted by molar-refractivity contribution is 6.09. The zero-order chi connectivity index (χ0) is 19.8. The molecule has 144 valence electrons. The molecule has 1 unspecified atom stereocenters. The van der Waals surface area contributed by atoms with Gasteiger partial charge in [-0.1, -0.05) is 39.0 Å². The number of hydrogen-bond donors (Lipinski definition) is 0. The van der Waals surface area contributed by atoms with E-state index in [2.05, 4.69) is 0 Å². The van der Waals surface area contributed by atoms with E-state index >= 15 is 0 Å². The predicted molar refractivity (Wildman–Crippen MR) is 102 cm³/mol. The van der Waals surface area contributed by atoms with Crippen LogP contribution < -0.4 is 0 Å². The number of hydrogen-bond acceptors (Lipinski definition) is 4. The molecule has 0 spiro atoms. The first kappa shape index (κ1) is 19.5. The molecular formula is C22H26FNO3. The van der Waals surface area contributed by atoms with Gasteiger partial charge in [0.15, 0.2) is 5.78 Å². The zero-order valence-electron chi connectivity index (χ0n) is 16.3. The van der Waals surface area contributed by atoms with E-state index in [1.165, 1.54) is 6.07 Å². The van der Waals surface area contributed by atoms with Crippen LogP contribution in [0.5, 0.6) is 0 Å². The summed E-state index contributed by atoms with van der Waals surface area (Å²) >= 11 is 0. The van der Waals surface area contributed by atoms with Crippen LogP contribution in [-0.2, 0) is 14.3 Å². The number of allylic oxidation sites excluding steroid dienone is 2. The smallest absolute Gasteiger partial charge is 0.315 e.